The third kappa shape index (κ3) is 3.57. The van der Waals surface area contributed by atoms with E-state index in [0.717, 1.165) is 0 Å². The lowest BCUT2D eigenvalue weighted by molar-refractivity contribution is -0.252. The molecule has 0 radical (unpaired) electrons. The van der Waals surface area contributed by atoms with Gasteiger partial charge in [0.05, 0.1) is 15.3 Å². The first-order valence-corrected chi connectivity index (χ1v) is 7.74. The van der Waals surface area contributed by atoms with E-state index in [4.69, 9.17) is 11.6 Å². The number of aromatic amines is 1. The Morgan fingerprint density at radius 1 is 1.33 bits per heavy atom. The summed E-state index contributed by atoms with van der Waals surface area (Å²) in [5.41, 5.74) is 0.251. The van der Waals surface area contributed by atoms with Crippen molar-refractivity contribution in [3.8, 4) is 0 Å². The second kappa shape index (κ2) is 5.69. The molecule has 0 aliphatic rings. The quantitative estimate of drug-likeness (QED) is 0.815. The fraction of sp³-hybridized carbons (Fsp3) is 0.286. The zero-order valence-corrected chi connectivity index (χ0v) is 13.4. The Bertz CT molecular complexity index is 809. The number of rotatable bonds is 2. The first kappa shape index (κ1) is 15.9. The van der Waals surface area contributed by atoms with Crippen LogP contribution in [-0.4, -0.2) is 20.2 Å². The lowest BCUT2D eigenvalue weighted by atomic mass is 10.1. The van der Waals surface area contributed by atoms with Crippen molar-refractivity contribution >= 4 is 39.7 Å². The van der Waals surface area contributed by atoms with Crippen LogP contribution in [0.2, 0.25) is 5.02 Å². The molecule has 0 saturated carbocycles. The smallest absolute Gasteiger partial charge is 0.285 e. The van der Waals surface area contributed by atoms with E-state index in [2.05, 4.69) is 9.38 Å². The highest BCUT2D eigenvalue weighted by Crippen LogP contribution is 2.20. The molecule has 0 amide bonds. The number of hydrogen-bond acceptors (Lipinski definition) is 2. The van der Waals surface area contributed by atoms with E-state index in [1.165, 1.54) is 18.3 Å². The van der Waals surface area contributed by atoms with E-state index < -0.39 is 27.1 Å². The van der Waals surface area contributed by atoms with Crippen LogP contribution in [0.3, 0.4) is 0 Å². The van der Waals surface area contributed by atoms with Gasteiger partial charge in [0.25, 0.3) is 16.5 Å². The molecule has 2 rings (SSSR count). The van der Waals surface area contributed by atoms with E-state index in [1.54, 1.807) is 6.07 Å². The molecule has 2 aromatic rings. The Morgan fingerprint density at radius 3 is 2.62 bits per heavy atom. The van der Waals surface area contributed by atoms with Gasteiger partial charge in [-0.25, -0.2) is 4.39 Å². The van der Waals surface area contributed by atoms with Gasteiger partial charge in [-0.05, 0) is 39.0 Å². The Kier molecular flexibility index (Phi) is 4.30. The molecule has 4 nitrogen and oxygen atoms in total. The molecular formula is C14H15ClFN2O2S+. The highest BCUT2D eigenvalue weighted by Gasteiger charge is 2.24. The van der Waals surface area contributed by atoms with Crippen LogP contribution < -0.4 is 9.96 Å². The maximum Gasteiger partial charge on any atom is 0.285 e. The fourth-order valence-corrected chi connectivity index (χ4v) is 2.38. The molecule has 0 spiro atoms. The van der Waals surface area contributed by atoms with Crippen LogP contribution in [0.5, 0.6) is 0 Å². The van der Waals surface area contributed by atoms with E-state index in [0.29, 0.717) is 16.5 Å². The van der Waals surface area contributed by atoms with E-state index in [9.17, 15) is 13.4 Å². The summed E-state index contributed by atoms with van der Waals surface area (Å²) < 4.78 is 27.5. The number of nitrogens with one attached hydrogen (secondary N) is 2. The molecule has 1 heterocycles. The largest absolute Gasteiger partial charge is 0.321 e. The first-order chi connectivity index (χ1) is 9.68. The third-order valence-corrected chi connectivity index (χ3v) is 4.53. The molecule has 1 aromatic heterocycles. The van der Waals surface area contributed by atoms with Gasteiger partial charge in [0.2, 0.25) is 0 Å². The van der Waals surface area contributed by atoms with Crippen LogP contribution in [-0.2, 0) is 11.0 Å². The van der Waals surface area contributed by atoms with Gasteiger partial charge in [0.1, 0.15) is 11.4 Å². The van der Waals surface area contributed by atoms with Crippen molar-refractivity contribution in [1.82, 2.24) is 4.98 Å². The molecule has 0 bridgehead atoms. The maximum absolute atomic E-state index is 13.4. The van der Waals surface area contributed by atoms with Gasteiger partial charge in [-0.3, -0.25) is 4.79 Å². The summed E-state index contributed by atoms with van der Waals surface area (Å²) >= 11 is 5.73. The number of pyridine rings is 1. The molecule has 0 aliphatic heterocycles. The van der Waals surface area contributed by atoms with E-state index in [-0.39, 0.29) is 5.02 Å². The molecule has 21 heavy (non-hydrogen) atoms. The van der Waals surface area contributed by atoms with Gasteiger partial charge in [-0.15, -0.1) is 0 Å². The van der Waals surface area contributed by atoms with Gasteiger partial charge >= 0.3 is 0 Å². The Hall–Kier alpha value is -1.53. The summed E-state index contributed by atoms with van der Waals surface area (Å²) in [5.74, 6) is -0.594. The predicted octanol–water partition coefficient (Wildman–Crippen LogP) is 1.28. The number of fused-ring (bicyclic) bond motifs is 1. The zero-order valence-electron chi connectivity index (χ0n) is 11.8. The van der Waals surface area contributed by atoms with Crippen molar-refractivity contribution in [3.63, 3.8) is 0 Å². The highest BCUT2D eigenvalue weighted by atomic mass is 35.5. The summed E-state index contributed by atoms with van der Waals surface area (Å²) in [7, 11) is -1.33. The Morgan fingerprint density at radius 2 is 2.00 bits per heavy atom. The minimum absolute atomic E-state index is 0.0215. The van der Waals surface area contributed by atoms with Crippen LogP contribution in [0.25, 0.3) is 10.9 Å². The predicted molar refractivity (Wildman–Crippen MR) is 83.6 cm³/mol. The van der Waals surface area contributed by atoms with Gasteiger partial charge in [-0.2, -0.15) is 8.61 Å². The van der Waals surface area contributed by atoms with Crippen LogP contribution >= 0.6 is 11.6 Å². The van der Waals surface area contributed by atoms with Crippen molar-refractivity contribution in [2.75, 3.05) is 0 Å². The zero-order chi connectivity index (χ0) is 15.8. The second-order valence-corrected chi connectivity index (χ2v) is 7.96. The monoisotopic (exact) mass is 329 g/mol. The lowest BCUT2D eigenvalue weighted by Gasteiger charge is -2.07. The van der Waals surface area contributed by atoms with Crippen molar-refractivity contribution < 1.29 is 13.0 Å². The van der Waals surface area contributed by atoms with Crippen LogP contribution in [0.4, 0.5) is 4.39 Å². The van der Waals surface area contributed by atoms with E-state index >= 15 is 0 Å². The first-order valence-electron chi connectivity index (χ1n) is 6.22. The SMILES string of the molecule is CC(C)(C)S(=O)/[NH+]=C/c1cc2cc(Cl)c(F)cc2[nH]c1=O. The van der Waals surface area contributed by atoms with Gasteiger partial charge in [0, 0.05) is 5.39 Å². The lowest BCUT2D eigenvalue weighted by Crippen LogP contribution is -2.74. The van der Waals surface area contributed by atoms with Crippen molar-refractivity contribution in [2.45, 2.75) is 25.5 Å². The molecule has 1 unspecified atom stereocenters. The minimum Gasteiger partial charge on any atom is -0.321 e. The molecule has 0 saturated heterocycles. The average Bonchev–Trinajstić information content (AvgIpc) is 2.37. The summed E-state index contributed by atoms with van der Waals surface area (Å²) in [6, 6.07) is 4.16. The van der Waals surface area contributed by atoms with Crippen molar-refractivity contribution in [3.05, 3.63) is 45.0 Å². The number of benzene rings is 1. The number of hydrogen-bond donors (Lipinski definition) is 2. The summed E-state index contributed by atoms with van der Waals surface area (Å²) in [6.07, 6.45) is 1.39. The van der Waals surface area contributed by atoms with Crippen molar-refractivity contribution in [2.24, 2.45) is 0 Å². The number of aromatic nitrogens is 1. The number of halogens is 2. The molecule has 7 heteroatoms. The van der Waals surface area contributed by atoms with Gasteiger partial charge in [0.15, 0.2) is 6.21 Å². The highest BCUT2D eigenvalue weighted by molar-refractivity contribution is 7.79. The van der Waals surface area contributed by atoms with Gasteiger partial charge in [-0.1, -0.05) is 11.6 Å². The maximum atomic E-state index is 13.4. The van der Waals surface area contributed by atoms with Crippen LogP contribution in [0.15, 0.2) is 23.0 Å². The number of H-pyrrole nitrogens is 1. The van der Waals surface area contributed by atoms with Crippen molar-refractivity contribution in [1.29, 1.82) is 0 Å². The normalized spacial score (nSPS) is 14.0. The molecule has 0 aliphatic carbocycles. The third-order valence-electron chi connectivity index (χ3n) is 2.79. The fourth-order valence-electron chi connectivity index (χ4n) is 1.62. The van der Waals surface area contributed by atoms with Crippen LogP contribution in [0.1, 0.15) is 26.3 Å². The van der Waals surface area contributed by atoms with E-state index in [1.807, 2.05) is 20.8 Å². The summed E-state index contributed by atoms with van der Waals surface area (Å²) in [6.45, 7) is 5.45. The Balaban J connectivity index is 2.49. The average molecular weight is 330 g/mol. The minimum atomic E-state index is -1.33. The molecule has 112 valence electrons. The van der Waals surface area contributed by atoms with Gasteiger partial charge < -0.3 is 4.98 Å². The molecule has 0 fully saturated rings. The van der Waals surface area contributed by atoms with Crippen LogP contribution in [0, 0.1) is 5.82 Å². The molecule has 1 aromatic carbocycles. The molecular weight excluding hydrogens is 315 g/mol. The standard InChI is InChI=1S/C14H14ClFN2O2S/c1-14(2,3)21(20)17-7-9-4-8-5-10(15)11(16)6-12(8)18-13(9)19/h4-7H,1-3H3,(H,18,19)/p+1/b17-7+. The molecule has 2 N–H and O–H groups in total. The second-order valence-electron chi connectivity index (χ2n) is 5.55. The summed E-state index contributed by atoms with van der Waals surface area (Å²) in [4.78, 5) is 14.5. The Labute approximate surface area is 128 Å². The summed E-state index contributed by atoms with van der Waals surface area (Å²) in [5, 5.41) is 0.572. The topological polar surface area (TPSA) is 63.9 Å². The molecule has 1 atom stereocenters.